The number of fused-ring (bicyclic) bond motifs is 1. The van der Waals surface area contributed by atoms with Crippen LogP contribution in [0.25, 0.3) is 16.8 Å². The van der Waals surface area contributed by atoms with Crippen LogP contribution < -0.4 is 10.9 Å². The Labute approximate surface area is 118 Å². The maximum Gasteiger partial charge on any atom is 0.263 e. The Bertz CT molecular complexity index is 729. The first-order valence-corrected chi connectivity index (χ1v) is 6.76. The van der Waals surface area contributed by atoms with E-state index in [-0.39, 0.29) is 11.4 Å². The van der Waals surface area contributed by atoms with Gasteiger partial charge in [0.05, 0.1) is 5.54 Å². The van der Waals surface area contributed by atoms with Crippen molar-refractivity contribution in [3.8, 4) is 0 Å². The minimum atomic E-state index is -0.359. The summed E-state index contributed by atoms with van der Waals surface area (Å²) in [7, 11) is 0. The summed E-state index contributed by atoms with van der Waals surface area (Å²) >= 11 is 0. The molecule has 1 heterocycles. The van der Waals surface area contributed by atoms with Crippen LogP contribution in [-0.4, -0.2) is 11.4 Å². The van der Waals surface area contributed by atoms with Crippen LogP contribution >= 0.6 is 0 Å². The van der Waals surface area contributed by atoms with Gasteiger partial charge in [0, 0.05) is 5.57 Å². The smallest absolute Gasteiger partial charge is 0.263 e. The highest BCUT2D eigenvalue weighted by atomic mass is 16.2. The zero-order chi connectivity index (χ0) is 14.3. The van der Waals surface area contributed by atoms with Crippen molar-refractivity contribution in [2.75, 3.05) is 0 Å². The van der Waals surface area contributed by atoms with Crippen LogP contribution in [0.15, 0.2) is 42.0 Å². The first kappa shape index (κ1) is 12.9. The van der Waals surface area contributed by atoms with E-state index < -0.39 is 0 Å². The first-order chi connectivity index (χ1) is 9.47. The number of aryl methyl sites for hydroxylation is 1. The number of hydrazine groups is 1. The van der Waals surface area contributed by atoms with Gasteiger partial charge in [-0.15, -0.1) is 0 Å². The van der Waals surface area contributed by atoms with Crippen LogP contribution in [-0.2, 0) is 4.79 Å². The van der Waals surface area contributed by atoms with Crippen molar-refractivity contribution in [3.05, 3.63) is 53.1 Å². The van der Waals surface area contributed by atoms with Crippen LogP contribution in [0, 0.1) is 6.92 Å². The summed E-state index contributed by atoms with van der Waals surface area (Å²) in [5, 5.41) is 2.37. The highest BCUT2D eigenvalue weighted by Gasteiger charge is 2.34. The quantitative estimate of drug-likeness (QED) is 0.779. The van der Waals surface area contributed by atoms with Gasteiger partial charge in [0.2, 0.25) is 0 Å². The molecule has 2 aromatic rings. The van der Waals surface area contributed by atoms with Crippen LogP contribution in [0.5, 0.6) is 0 Å². The molecule has 1 fully saturated rings. The predicted octanol–water partition coefficient (Wildman–Crippen LogP) is 2.94. The molecule has 2 aromatic carbocycles. The monoisotopic (exact) mass is 266 g/mol. The molecule has 0 bridgehead atoms. The lowest BCUT2D eigenvalue weighted by atomic mass is 9.92. The molecule has 3 rings (SSSR count). The summed E-state index contributed by atoms with van der Waals surface area (Å²) in [5.41, 5.74) is 8.37. The van der Waals surface area contributed by atoms with Crippen molar-refractivity contribution < 1.29 is 4.79 Å². The zero-order valence-electron chi connectivity index (χ0n) is 11.9. The molecule has 20 heavy (non-hydrogen) atoms. The van der Waals surface area contributed by atoms with Gasteiger partial charge in [-0.05, 0) is 48.7 Å². The van der Waals surface area contributed by atoms with Gasteiger partial charge in [-0.1, -0.05) is 36.4 Å². The Morgan fingerprint density at radius 1 is 1.15 bits per heavy atom. The average molecular weight is 266 g/mol. The van der Waals surface area contributed by atoms with Crippen molar-refractivity contribution in [2.45, 2.75) is 26.3 Å². The molecule has 1 aliphatic heterocycles. The third-order valence-corrected chi connectivity index (χ3v) is 3.74. The number of rotatable bonds is 1. The molecule has 0 aromatic heterocycles. The molecule has 0 radical (unpaired) electrons. The predicted molar refractivity (Wildman–Crippen MR) is 82.0 cm³/mol. The summed E-state index contributed by atoms with van der Waals surface area (Å²) in [5.74, 6) is -0.0550. The highest BCUT2D eigenvalue weighted by Crippen LogP contribution is 2.27. The van der Waals surface area contributed by atoms with Gasteiger partial charge in [0.15, 0.2) is 0 Å². The van der Waals surface area contributed by atoms with Gasteiger partial charge in [0.25, 0.3) is 5.91 Å². The lowest BCUT2D eigenvalue weighted by Gasteiger charge is -2.17. The lowest BCUT2D eigenvalue weighted by Crippen LogP contribution is -2.38. The number of benzene rings is 2. The Hall–Kier alpha value is -2.13. The van der Waals surface area contributed by atoms with Crippen LogP contribution in [0.1, 0.15) is 25.0 Å². The second-order valence-electron chi connectivity index (χ2n) is 5.84. The van der Waals surface area contributed by atoms with Crippen LogP contribution in [0.3, 0.4) is 0 Å². The SMILES string of the molecule is Cc1cc(/C=C2\C(=O)NNC2(C)C)c2ccccc2c1. The van der Waals surface area contributed by atoms with Crippen molar-refractivity contribution in [1.29, 1.82) is 0 Å². The van der Waals surface area contributed by atoms with Gasteiger partial charge < -0.3 is 0 Å². The maximum atomic E-state index is 12.0. The third kappa shape index (κ3) is 2.10. The van der Waals surface area contributed by atoms with E-state index in [1.165, 1.54) is 16.3 Å². The van der Waals surface area contributed by atoms with E-state index in [1.54, 1.807) is 0 Å². The summed E-state index contributed by atoms with van der Waals surface area (Å²) in [6.07, 6.45) is 1.99. The molecular weight excluding hydrogens is 248 g/mol. The molecule has 2 N–H and O–H groups in total. The summed E-state index contributed by atoms with van der Waals surface area (Å²) in [6, 6.07) is 12.5. The molecule has 102 valence electrons. The minimum Gasteiger partial charge on any atom is -0.287 e. The maximum absolute atomic E-state index is 12.0. The van der Waals surface area contributed by atoms with Gasteiger partial charge in [-0.25, -0.2) is 5.43 Å². The molecule has 0 atom stereocenters. The van der Waals surface area contributed by atoms with E-state index in [0.717, 1.165) is 11.1 Å². The van der Waals surface area contributed by atoms with Crippen molar-refractivity contribution in [3.63, 3.8) is 0 Å². The Morgan fingerprint density at radius 2 is 1.90 bits per heavy atom. The molecule has 3 nitrogen and oxygen atoms in total. The van der Waals surface area contributed by atoms with E-state index in [4.69, 9.17) is 0 Å². The fourth-order valence-electron chi connectivity index (χ4n) is 2.65. The Kier molecular flexibility index (Phi) is 2.87. The average Bonchev–Trinajstić information content (AvgIpc) is 2.65. The number of carbonyl (C=O) groups excluding carboxylic acids is 1. The van der Waals surface area contributed by atoms with Gasteiger partial charge in [-0.3, -0.25) is 10.2 Å². The number of hydrogen-bond donors (Lipinski definition) is 2. The van der Waals surface area contributed by atoms with E-state index >= 15 is 0 Å². The fourth-order valence-corrected chi connectivity index (χ4v) is 2.65. The molecule has 3 heteroatoms. The fraction of sp³-hybridized carbons (Fsp3) is 0.235. The van der Waals surface area contributed by atoms with Crippen molar-refractivity contribution in [1.82, 2.24) is 10.9 Å². The van der Waals surface area contributed by atoms with Gasteiger partial charge in [-0.2, -0.15) is 0 Å². The number of amides is 1. The summed E-state index contributed by atoms with van der Waals surface area (Å²) in [6.45, 7) is 6.07. The molecule has 1 saturated heterocycles. The summed E-state index contributed by atoms with van der Waals surface area (Å²) < 4.78 is 0. The molecule has 0 spiro atoms. The standard InChI is InChI=1S/C17H18N2O/c1-11-8-12-6-4-5-7-14(12)13(9-11)10-15-16(20)18-19-17(15,2)3/h4-10,19H,1-3H3,(H,18,20)/b15-10+. The van der Waals surface area contributed by atoms with Crippen LogP contribution in [0.2, 0.25) is 0 Å². The first-order valence-electron chi connectivity index (χ1n) is 6.76. The molecule has 0 unspecified atom stereocenters. The largest absolute Gasteiger partial charge is 0.287 e. The summed E-state index contributed by atoms with van der Waals surface area (Å²) in [4.78, 5) is 12.0. The van der Waals surface area contributed by atoms with Crippen molar-refractivity contribution >= 4 is 22.8 Å². The number of nitrogens with one attached hydrogen (secondary N) is 2. The van der Waals surface area contributed by atoms with E-state index in [2.05, 4.69) is 42.0 Å². The van der Waals surface area contributed by atoms with E-state index in [9.17, 15) is 4.79 Å². The van der Waals surface area contributed by atoms with Crippen molar-refractivity contribution in [2.24, 2.45) is 0 Å². The molecule has 1 aliphatic rings. The van der Waals surface area contributed by atoms with E-state index in [1.807, 2.05) is 32.1 Å². The molecule has 0 aliphatic carbocycles. The lowest BCUT2D eigenvalue weighted by molar-refractivity contribution is -0.116. The zero-order valence-corrected chi connectivity index (χ0v) is 11.9. The van der Waals surface area contributed by atoms with E-state index in [0.29, 0.717) is 0 Å². The minimum absolute atomic E-state index is 0.0550. The van der Waals surface area contributed by atoms with Gasteiger partial charge in [0.1, 0.15) is 0 Å². The third-order valence-electron chi connectivity index (χ3n) is 3.74. The number of carbonyl (C=O) groups is 1. The highest BCUT2D eigenvalue weighted by molar-refractivity contribution is 6.04. The molecule has 1 amide bonds. The topological polar surface area (TPSA) is 41.1 Å². The second-order valence-corrected chi connectivity index (χ2v) is 5.84. The molecule has 0 saturated carbocycles. The van der Waals surface area contributed by atoms with Gasteiger partial charge >= 0.3 is 0 Å². The second kappa shape index (κ2) is 4.46. The molecular formula is C17H18N2O. The number of hydrogen-bond acceptors (Lipinski definition) is 2. The normalized spacial score (nSPS) is 19.6. The Balaban J connectivity index is 2.22. The Morgan fingerprint density at radius 3 is 2.60 bits per heavy atom. The van der Waals surface area contributed by atoms with Crippen LogP contribution in [0.4, 0.5) is 0 Å².